The van der Waals surface area contributed by atoms with Crippen LogP contribution in [0, 0.1) is 0 Å². The Bertz CT molecular complexity index is 402. The Morgan fingerprint density at radius 2 is 1.79 bits per heavy atom. The van der Waals surface area contributed by atoms with Gasteiger partial charge in [0.05, 0.1) is 0 Å². The molecule has 1 fully saturated rings. The lowest BCUT2D eigenvalue weighted by Gasteiger charge is -1.97. The SMILES string of the molecule is c1ccc([C@H]2C[C@@H]2c2cccs2)cc1. The van der Waals surface area contributed by atoms with Gasteiger partial charge in [0.1, 0.15) is 0 Å². The Hall–Kier alpha value is -1.08. The van der Waals surface area contributed by atoms with Gasteiger partial charge in [0.15, 0.2) is 0 Å². The number of hydrogen-bond acceptors (Lipinski definition) is 1. The lowest BCUT2D eigenvalue weighted by molar-refractivity contribution is 1.05. The zero-order valence-corrected chi connectivity index (χ0v) is 8.71. The third-order valence-corrected chi connectivity index (χ3v) is 3.93. The molecule has 1 aliphatic carbocycles. The Morgan fingerprint density at radius 3 is 2.50 bits per heavy atom. The summed E-state index contributed by atoms with van der Waals surface area (Å²) < 4.78 is 0. The molecule has 0 bridgehead atoms. The van der Waals surface area contributed by atoms with Gasteiger partial charge in [-0.1, -0.05) is 36.4 Å². The third-order valence-electron chi connectivity index (χ3n) is 2.93. The molecule has 2 aromatic rings. The summed E-state index contributed by atoms with van der Waals surface area (Å²) in [6.07, 6.45) is 1.34. The van der Waals surface area contributed by atoms with Gasteiger partial charge in [-0.15, -0.1) is 11.3 Å². The molecule has 0 saturated heterocycles. The third kappa shape index (κ3) is 1.38. The van der Waals surface area contributed by atoms with E-state index in [1.807, 2.05) is 11.3 Å². The molecular formula is C13H12S. The van der Waals surface area contributed by atoms with Crippen LogP contribution in [0.3, 0.4) is 0 Å². The van der Waals surface area contributed by atoms with E-state index in [1.165, 1.54) is 12.0 Å². The Balaban J connectivity index is 1.81. The van der Waals surface area contributed by atoms with Crippen LogP contribution in [-0.4, -0.2) is 0 Å². The quantitative estimate of drug-likeness (QED) is 0.687. The van der Waals surface area contributed by atoms with Crippen LogP contribution in [0.4, 0.5) is 0 Å². The molecule has 0 unspecified atom stereocenters. The topological polar surface area (TPSA) is 0 Å². The maximum atomic E-state index is 2.26. The second kappa shape index (κ2) is 3.25. The highest BCUT2D eigenvalue weighted by atomic mass is 32.1. The summed E-state index contributed by atoms with van der Waals surface area (Å²) in [5.41, 5.74) is 1.51. The van der Waals surface area contributed by atoms with Gasteiger partial charge in [0.25, 0.3) is 0 Å². The van der Waals surface area contributed by atoms with Crippen molar-refractivity contribution < 1.29 is 0 Å². The predicted molar refractivity (Wildman–Crippen MR) is 60.9 cm³/mol. The molecule has 1 aromatic heterocycles. The highest BCUT2D eigenvalue weighted by Crippen LogP contribution is 2.55. The summed E-state index contributed by atoms with van der Waals surface area (Å²) in [5.74, 6) is 1.59. The highest BCUT2D eigenvalue weighted by Gasteiger charge is 2.39. The summed E-state index contributed by atoms with van der Waals surface area (Å²) in [6.45, 7) is 0. The van der Waals surface area contributed by atoms with Crippen molar-refractivity contribution in [1.29, 1.82) is 0 Å². The molecule has 70 valence electrons. The van der Waals surface area contributed by atoms with Crippen molar-refractivity contribution in [2.45, 2.75) is 18.3 Å². The molecule has 3 rings (SSSR count). The maximum Gasteiger partial charge on any atom is 0.00825 e. The van der Waals surface area contributed by atoms with Crippen LogP contribution in [-0.2, 0) is 0 Å². The first kappa shape index (κ1) is 8.25. The summed E-state index contributed by atoms with van der Waals surface area (Å²) in [5, 5.41) is 2.18. The standard InChI is InChI=1S/C13H12S/c1-2-5-10(6-3-1)11-9-12(11)13-7-4-8-14-13/h1-8,11-12H,9H2/t11-,12+/m1/s1. The summed E-state index contributed by atoms with van der Waals surface area (Å²) in [7, 11) is 0. The molecule has 0 radical (unpaired) electrons. The van der Waals surface area contributed by atoms with E-state index in [9.17, 15) is 0 Å². The number of rotatable bonds is 2. The summed E-state index contributed by atoms with van der Waals surface area (Å²) in [4.78, 5) is 1.55. The molecule has 0 nitrogen and oxygen atoms in total. The van der Waals surface area contributed by atoms with Crippen molar-refractivity contribution in [1.82, 2.24) is 0 Å². The second-order valence-corrected chi connectivity index (χ2v) is 4.85. The van der Waals surface area contributed by atoms with Gasteiger partial charge < -0.3 is 0 Å². The van der Waals surface area contributed by atoms with Crippen molar-refractivity contribution in [3.63, 3.8) is 0 Å². The van der Waals surface area contributed by atoms with Gasteiger partial charge in [-0.3, -0.25) is 0 Å². The smallest absolute Gasteiger partial charge is 0.00825 e. The Labute approximate surface area is 88.2 Å². The monoisotopic (exact) mass is 200 g/mol. The minimum Gasteiger partial charge on any atom is -0.149 e. The lowest BCUT2D eigenvalue weighted by Crippen LogP contribution is -1.79. The van der Waals surface area contributed by atoms with E-state index < -0.39 is 0 Å². The van der Waals surface area contributed by atoms with E-state index in [-0.39, 0.29) is 0 Å². The van der Waals surface area contributed by atoms with Crippen LogP contribution in [0.15, 0.2) is 47.8 Å². The fraction of sp³-hybridized carbons (Fsp3) is 0.231. The summed E-state index contributed by atoms with van der Waals surface area (Å²) >= 11 is 1.89. The molecule has 0 spiro atoms. The first-order valence-electron chi connectivity index (χ1n) is 5.03. The molecule has 0 amide bonds. The molecule has 1 heteroatoms. The molecule has 1 heterocycles. The van der Waals surface area contributed by atoms with Crippen molar-refractivity contribution in [3.8, 4) is 0 Å². The van der Waals surface area contributed by atoms with E-state index in [2.05, 4.69) is 47.8 Å². The molecule has 1 aliphatic rings. The Morgan fingerprint density at radius 1 is 0.929 bits per heavy atom. The minimum absolute atomic E-state index is 0.787. The van der Waals surface area contributed by atoms with Crippen LogP contribution in [0.25, 0.3) is 0 Å². The van der Waals surface area contributed by atoms with Crippen molar-refractivity contribution in [3.05, 3.63) is 58.3 Å². The fourth-order valence-corrected chi connectivity index (χ4v) is 2.99. The van der Waals surface area contributed by atoms with Crippen LogP contribution in [0.2, 0.25) is 0 Å². The van der Waals surface area contributed by atoms with Gasteiger partial charge in [0, 0.05) is 10.8 Å². The maximum absolute atomic E-state index is 2.26. The van der Waals surface area contributed by atoms with Gasteiger partial charge in [0.2, 0.25) is 0 Å². The number of benzene rings is 1. The first-order valence-corrected chi connectivity index (χ1v) is 5.91. The molecular weight excluding hydrogens is 188 g/mol. The Kier molecular flexibility index (Phi) is 1.91. The van der Waals surface area contributed by atoms with Gasteiger partial charge in [-0.05, 0) is 29.3 Å². The molecule has 0 aliphatic heterocycles. The molecule has 1 aromatic carbocycles. The second-order valence-electron chi connectivity index (χ2n) is 3.87. The zero-order chi connectivity index (χ0) is 9.38. The molecule has 14 heavy (non-hydrogen) atoms. The molecule has 0 N–H and O–H groups in total. The largest absolute Gasteiger partial charge is 0.149 e. The van der Waals surface area contributed by atoms with Crippen molar-refractivity contribution in [2.24, 2.45) is 0 Å². The molecule has 2 atom stereocenters. The van der Waals surface area contributed by atoms with Gasteiger partial charge in [-0.25, -0.2) is 0 Å². The first-order chi connectivity index (χ1) is 6.95. The van der Waals surface area contributed by atoms with E-state index in [0.29, 0.717) is 0 Å². The van der Waals surface area contributed by atoms with Crippen LogP contribution in [0.1, 0.15) is 28.7 Å². The number of hydrogen-bond donors (Lipinski definition) is 0. The number of thiophene rings is 1. The molecule has 1 saturated carbocycles. The van der Waals surface area contributed by atoms with Gasteiger partial charge in [-0.2, -0.15) is 0 Å². The van der Waals surface area contributed by atoms with Crippen LogP contribution < -0.4 is 0 Å². The normalized spacial score (nSPS) is 24.9. The zero-order valence-electron chi connectivity index (χ0n) is 7.89. The van der Waals surface area contributed by atoms with Gasteiger partial charge >= 0.3 is 0 Å². The van der Waals surface area contributed by atoms with Crippen molar-refractivity contribution >= 4 is 11.3 Å². The highest BCUT2D eigenvalue weighted by molar-refractivity contribution is 7.10. The van der Waals surface area contributed by atoms with Crippen LogP contribution in [0.5, 0.6) is 0 Å². The van der Waals surface area contributed by atoms with E-state index >= 15 is 0 Å². The van der Waals surface area contributed by atoms with Crippen molar-refractivity contribution in [2.75, 3.05) is 0 Å². The van der Waals surface area contributed by atoms with Crippen LogP contribution >= 0.6 is 11.3 Å². The fourth-order valence-electron chi connectivity index (χ4n) is 2.08. The lowest BCUT2D eigenvalue weighted by atomic mass is 10.1. The minimum atomic E-state index is 0.787. The average molecular weight is 200 g/mol. The van der Waals surface area contributed by atoms with E-state index in [4.69, 9.17) is 0 Å². The predicted octanol–water partition coefficient (Wildman–Crippen LogP) is 4.02. The van der Waals surface area contributed by atoms with E-state index in [0.717, 1.165) is 11.8 Å². The summed E-state index contributed by atoms with van der Waals surface area (Å²) in [6, 6.07) is 15.3. The average Bonchev–Trinajstić information content (AvgIpc) is 2.87. The van der Waals surface area contributed by atoms with E-state index in [1.54, 1.807) is 4.88 Å².